The van der Waals surface area contributed by atoms with Crippen molar-refractivity contribution in [2.24, 2.45) is 0 Å². The Morgan fingerprint density at radius 2 is 2.10 bits per heavy atom. The van der Waals surface area contributed by atoms with E-state index in [9.17, 15) is 9.18 Å². The number of halogens is 1. The van der Waals surface area contributed by atoms with Gasteiger partial charge in [-0.3, -0.25) is 9.20 Å². The Kier molecular flexibility index (Phi) is 3.13. The van der Waals surface area contributed by atoms with E-state index in [-0.39, 0.29) is 5.91 Å². The third kappa shape index (κ3) is 2.35. The highest BCUT2D eigenvalue weighted by Gasteiger charge is 2.17. The van der Waals surface area contributed by atoms with Crippen LogP contribution in [-0.2, 0) is 0 Å². The Labute approximate surface area is 120 Å². The normalized spacial score (nSPS) is 10.8. The molecule has 0 spiro atoms. The van der Waals surface area contributed by atoms with Crippen molar-refractivity contribution in [1.82, 2.24) is 14.4 Å². The number of nitrogens with zero attached hydrogens (tertiary/aromatic N) is 3. The molecule has 0 aromatic carbocycles. The van der Waals surface area contributed by atoms with Gasteiger partial charge in [-0.15, -0.1) is 0 Å². The Morgan fingerprint density at radius 1 is 1.29 bits per heavy atom. The van der Waals surface area contributed by atoms with E-state index in [1.807, 2.05) is 19.1 Å². The van der Waals surface area contributed by atoms with E-state index in [0.717, 1.165) is 17.4 Å². The maximum absolute atomic E-state index is 12.8. The number of carbonyl (C=O) groups is 1. The minimum atomic E-state index is -0.449. The van der Waals surface area contributed by atoms with Gasteiger partial charge in [-0.25, -0.2) is 14.4 Å². The van der Waals surface area contributed by atoms with E-state index in [1.54, 1.807) is 17.5 Å². The summed E-state index contributed by atoms with van der Waals surface area (Å²) in [4.78, 5) is 20.6. The lowest BCUT2D eigenvalue weighted by Crippen LogP contribution is -2.16. The van der Waals surface area contributed by atoms with Crippen LogP contribution in [0.5, 0.6) is 0 Å². The molecule has 5 nitrogen and oxygen atoms in total. The molecular formula is C15H13FN4O. The Balaban J connectivity index is 2.00. The predicted molar refractivity (Wildman–Crippen MR) is 76.8 cm³/mol. The summed E-state index contributed by atoms with van der Waals surface area (Å²) in [6.45, 7) is 3.71. The molecule has 0 unspecified atom stereocenters. The van der Waals surface area contributed by atoms with Gasteiger partial charge in [0, 0.05) is 6.20 Å². The number of hydrogen-bond donors (Lipinski definition) is 1. The minimum Gasteiger partial charge on any atom is -0.305 e. The standard InChI is InChI=1S/C15H13FN4O/c1-9-4-3-7-20-13(10(2)18-14(9)20)15(21)19-12-6-5-11(16)8-17-12/h3-8H,1-2H3,(H,17,19,21). The fourth-order valence-corrected chi connectivity index (χ4v) is 2.22. The first kappa shape index (κ1) is 13.2. The Morgan fingerprint density at radius 3 is 2.81 bits per heavy atom. The van der Waals surface area contributed by atoms with Crippen molar-refractivity contribution in [1.29, 1.82) is 0 Å². The Hall–Kier alpha value is -2.76. The van der Waals surface area contributed by atoms with E-state index in [4.69, 9.17) is 0 Å². The van der Waals surface area contributed by atoms with Crippen molar-refractivity contribution < 1.29 is 9.18 Å². The van der Waals surface area contributed by atoms with Crippen LogP contribution in [0.1, 0.15) is 21.7 Å². The molecule has 0 aliphatic heterocycles. The number of imidazole rings is 1. The van der Waals surface area contributed by atoms with Gasteiger partial charge in [-0.05, 0) is 37.6 Å². The SMILES string of the molecule is Cc1nc2c(C)cccn2c1C(=O)Nc1ccc(F)cn1. The third-order valence-electron chi connectivity index (χ3n) is 3.20. The number of amides is 1. The third-order valence-corrected chi connectivity index (χ3v) is 3.20. The zero-order valence-corrected chi connectivity index (χ0v) is 11.6. The monoisotopic (exact) mass is 284 g/mol. The largest absolute Gasteiger partial charge is 0.305 e. The molecule has 0 aliphatic rings. The molecule has 0 saturated carbocycles. The van der Waals surface area contributed by atoms with Crippen LogP contribution in [0.3, 0.4) is 0 Å². The summed E-state index contributed by atoms with van der Waals surface area (Å²) in [5.41, 5.74) is 2.80. The molecule has 0 radical (unpaired) electrons. The highest BCUT2D eigenvalue weighted by molar-refractivity contribution is 6.04. The lowest BCUT2D eigenvalue weighted by atomic mass is 10.3. The van der Waals surface area contributed by atoms with Gasteiger partial charge >= 0.3 is 0 Å². The van der Waals surface area contributed by atoms with Crippen molar-refractivity contribution in [2.45, 2.75) is 13.8 Å². The molecule has 0 atom stereocenters. The summed E-state index contributed by atoms with van der Waals surface area (Å²) in [6.07, 6.45) is 2.84. The predicted octanol–water partition coefficient (Wildman–Crippen LogP) is 2.74. The minimum absolute atomic E-state index is 0.295. The van der Waals surface area contributed by atoms with Crippen LogP contribution in [0.15, 0.2) is 36.7 Å². The zero-order valence-electron chi connectivity index (χ0n) is 11.6. The maximum Gasteiger partial charge on any atom is 0.275 e. The van der Waals surface area contributed by atoms with Crippen LogP contribution < -0.4 is 5.32 Å². The maximum atomic E-state index is 12.8. The number of pyridine rings is 2. The second kappa shape index (κ2) is 4.97. The fourth-order valence-electron chi connectivity index (χ4n) is 2.22. The highest BCUT2D eigenvalue weighted by atomic mass is 19.1. The first-order valence-corrected chi connectivity index (χ1v) is 6.43. The van der Waals surface area contributed by atoms with Crippen molar-refractivity contribution in [3.05, 3.63) is 59.4 Å². The van der Waals surface area contributed by atoms with Crippen molar-refractivity contribution >= 4 is 17.4 Å². The van der Waals surface area contributed by atoms with Gasteiger partial charge in [0.05, 0.1) is 11.9 Å². The average molecular weight is 284 g/mol. The van der Waals surface area contributed by atoms with Gasteiger partial charge in [0.2, 0.25) is 0 Å². The number of aryl methyl sites for hydroxylation is 2. The van der Waals surface area contributed by atoms with E-state index < -0.39 is 5.82 Å². The number of anilines is 1. The van der Waals surface area contributed by atoms with Crippen LogP contribution in [0.4, 0.5) is 10.2 Å². The molecule has 3 heterocycles. The number of carbonyl (C=O) groups excluding carboxylic acids is 1. The molecule has 0 fully saturated rings. The number of rotatable bonds is 2. The van der Waals surface area contributed by atoms with Gasteiger partial charge in [0.25, 0.3) is 5.91 Å². The molecule has 1 N–H and O–H groups in total. The van der Waals surface area contributed by atoms with E-state index >= 15 is 0 Å². The summed E-state index contributed by atoms with van der Waals surface area (Å²) < 4.78 is 14.6. The van der Waals surface area contributed by atoms with Crippen LogP contribution in [-0.4, -0.2) is 20.3 Å². The van der Waals surface area contributed by atoms with E-state index in [0.29, 0.717) is 17.2 Å². The molecule has 106 valence electrons. The smallest absolute Gasteiger partial charge is 0.275 e. The van der Waals surface area contributed by atoms with E-state index in [1.165, 1.54) is 12.1 Å². The molecule has 21 heavy (non-hydrogen) atoms. The quantitative estimate of drug-likeness (QED) is 0.787. The van der Waals surface area contributed by atoms with Crippen LogP contribution in [0.2, 0.25) is 0 Å². The van der Waals surface area contributed by atoms with Gasteiger partial charge in [0.15, 0.2) is 0 Å². The van der Waals surface area contributed by atoms with Crippen molar-refractivity contribution in [3.8, 4) is 0 Å². The summed E-state index contributed by atoms with van der Waals surface area (Å²) in [7, 11) is 0. The van der Waals surface area contributed by atoms with Gasteiger partial charge in [0.1, 0.15) is 23.0 Å². The lowest BCUT2D eigenvalue weighted by molar-refractivity contribution is 0.102. The lowest BCUT2D eigenvalue weighted by Gasteiger charge is -2.05. The van der Waals surface area contributed by atoms with Crippen molar-refractivity contribution in [2.75, 3.05) is 5.32 Å². The molecule has 6 heteroatoms. The first-order valence-electron chi connectivity index (χ1n) is 6.43. The Bertz CT molecular complexity index is 824. The molecule has 0 saturated heterocycles. The van der Waals surface area contributed by atoms with Gasteiger partial charge < -0.3 is 5.32 Å². The fraction of sp³-hybridized carbons (Fsp3) is 0.133. The van der Waals surface area contributed by atoms with Crippen LogP contribution in [0, 0.1) is 19.7 Å². The molecule has 1 amide bonds. The topological polar surface area (TPSA) is 59.3 Å². The van der Waals surface area contributed by atoms with Gasteiger partial charge in [-0.2, -0.15) is 0 Å². The number of fused-ring (bicyclic) bond motifs is 1. The summed E-state index contributed by atoms with van der Waals surface area (Å²) in [6, 6.07) is 6.45. The second-order valence-electron chi connectivity index (χ2n) is 4.75. The molecule has 0 bridgehead atoms. The number of nitrogens with one attached hydrogen (secondary N) is 1. The van der Waals surface area contributed by atoms with E-state index in [2.05, 4.69) is 15.3 Å². The van der Waals surface area contributed by atoms with Crippen molar-refractivity contribution in [3.63, 3.8) is 0 Å². The zero-order chi connectivity index (χ0) is 15.0. The molecular weight excluding hydrogens is 271 g/mol. The number of hydrogen-bond acceptors (Lipinski definition) is 3. The summed E-state index contributed by atoms with van der Waals surface area (Å²) >= 11 is 0. The molecule has 3 rings (SSSR count). The van der Waals surface area contributed by atoms with Crippen LogP contribution >= 0.6 is 0 Å². The average Bonchev–Trinajstić information content (AvgIpc) is 2.79. The number of aromatic nitrogens is 3. The highest BCUT2D eigenvalue weighted by Crippen LogP contribution is 2.16. The summed E-state index contributed by atoms with van der Waals surface area (Å²) in [5.74, 6) is -0.484. The second-order valence-corrected chi connectivity index (χ2v) is 4.75. The molecule has 3 aromatic heterocycles. The van der Waals surface area contributed by atoms with Gasteiger partial charge in [-0.1, -0.05) is 6.07 Å². The summed E-state index contributed by atoms with van der Waals surface area (Å²) in [5, 5.41) is 2.65. The molecule has 3 aromatic rings. The first-order chi connectivity index (χ1) is 10.1. The molecule has 0 aliphatic carbocycles. The van der Waals surface area contributed by atoms with Crippen LogP contribution in [0.25, 0.3) is 5.65 Å².